The first-order valence-electron chi connectivity index (χ1n) is 5.73. The minimum atomic E-state index is -0.568. The van der Waals surface area contributed by atoms with Gasteiger partial charge in [-0.1, -0.05) is 18.2 Å². The molecule has 1 aromatic carbocycles. The van der Waals surface area contributed by atoms with Gasteiger partial charge < -0.3 is 9.47 Å². The van der Waals surface area contributed by atoms with Crippen molar-refractivity contribution in [2.24, 2.45) is 0 Å². The van der Waals surface area contributed by atoms with Crippen molar-refractivity contribution in [3.63, 3.8) is 0 Å². The highest BCUT2D eigenvalue weighted by Crippen LogP contribution is 2.27. The van der Waals surface area contributed by atoms with Crippen LogP contribution in [0.3, 0.4) is 0 Å². The molecule has 3 heteroatoms. The van der Waals surface area contributed by atoms with Crippen LogP contribution in [0.15, 0.2) is 30.3 Å². The summed E-state index contributed by atoms with van der Waals surface area (Å²) in [4.78, 5) is 11.6. The zero-order valence-electron chi connectivity index (χ0n) is 10.1. The van der Waals surface area contributed by atoms with E-state index < -0.39 is 5.60 Å². The normalized spacial score (nSPS) is 22.7. The first-order valence-corrected chi connectivity index (χ1v) is 5.73. The molecule has 3 nitrogen and oxygen atoms in total. The molecule has 1 unspecified atom stereocenters. The first kappa shape index (κ1) is 11.9. The van der Waals surface area contributed by atoms with Crippen LogP contribution in [0.4, 0.5) is 0 Å². The van der Waals surface area contributed by atoms with E-state index >= 15 is 0 Å². The van der Waals surface area contributed by atoms with Gasteiger partial charge in [0.1, 0.15) is 5.75 Å². The SMILES string of the molecule is CCOc1ccc(/C=C/C(=O)C2(C)CO2)cc1. The molecule has 0 saturated carbocycles. The molecular weight excluding hydrogens is 216 g/mol. The van der Waals surface area contributed by atoms with Gasteiger partial charge in [0.25, 0.3) is 0 Å². The molecule has 1 aromatic rings. The molecule has 17 heavy (non-hydrogen) atoms. The number of ether oxygens (including phenoxy) is 2. The number of carbonyl (C=O) groups excluding carboxylic acids is 1. The second-order valence-electron chi connectivity index (χ2n) is 4.22. The standard InChI is InChI=1S/C14H16O3/c1-3-16-12-7-4-11(5-8-12)6-9-13(15)14(2)10-17-14/h4-9H,3,10H2,1-2H3/b9-6+. The molecule has 90 valence electrons. The minimum absolute atomic E-state index is 0.0198. The molecule has 1 heterocycles. The van der Waals surface area contributed by atoms with Crippen molar-refractivity contribution in [2.45, 2.75) is 19.4 Å². The third kappa shape index (κ3) is 2.94. The average Bonchev–Trinajstić information content (AvgIpc) is 3.08. The lowest BCUT2D eigenvalue weighted by atomic mass is 10.1. The van der Waals surface area contributed by atoms with Gasteiger partial charge >= 0.3 is 0 Å². The summed E-state index contributed by atoms with van der Waals surface area (Å²) in [5.41, 5.74) is 0.410. The lowest BCUT2D eigenvalue weighted by Crippen LogP contribution is -2.17. The maximum absolute atomic E-state index is 11.6. The number of epoxide rings is 1. The zero-order valence-corrected chi connectivity index (χ0v) is 10.1. The van der Waals surface area contributed by atoms with Crippen LogP contribution in [-0.2, 0) is 9.53 Å². The highest BCUT2D eigenvalue weighted by atomic mass is 16.6. The van der Waals surface area contributed by atoms with Gasteiger partial charge in [0.05, 0.1) is 13.2 Å². The largest absolute Gasteiger partial charge is 0.494 e. The summed E-state index contributed by atoms with van der Waals surface area (Å²) in [6.45, 7) is 4.93. The minimum Gasteiger partial charge on any atom is -0.494 e. The lowest BCUT2D eigenvalue weighted by Gasteiger charge is -2.02. The van der Waals surface area contributed by atoms with Gasteiger partial charge in [-0.15, -0.1) is 0 Å². The fourth-order valence-electron chi connectivity index (χ4n) is 1.44. The molecular formula is C14H16O3. The van der Waals surface area contributed by atoms with Crippen LogP contribution in [0.25, 0.3) is 6.08 Å². The molecule has 0 spiro atoms. The van der Waals surface area contributed by atoms with E-state index in [-0.39, 0.29) is 5.78 Å². The summed E-state index contributed by atoms with van der Waals surface area (Å²) in [5.74, 6) is 0.861. The highest BCUT2D eigenvalue weighted by molar-refractivity contribution is 6.01. The van der Waals surface area contributed by atoms with Gasteiger partial charge in [-0.3, -0.25) is 4.79 Å². The van der Waals surface area contributed by atoms with Crippen molar-refractivity contribution in [3.8, 4) is 5.75 Å². The molecule has 0 amide bonds. The molecule has 2 rings (SSSR count). The van der Waals surface area contributed by atoms with Gasteiger partial charge in [-0.05, 0) is 37.6 Å². The van der Waals surface area contributed by atoms with E-state index in [1.54, 1.807) is 19.1 Å². The summed E-state index contributed by atoms with van der Waals surface area (Å²) in [6, 6.07) is 7.63. The van der Waals surface area contributed by atoms with E-state index in [0.717, 1.165) is 11.3 Å². The van der Waals surface area contributed by atoms with Crippen LogP contribution in [0, 0.1) is 0 Å². The van der Waals surface area contributed by atoms with E-state index in [2.05, 4.69) is 0 Å². The summed E-state index contributed by atoms with van der Waals surface area (Å²) in [7, 11) is 0. The van der Waals surface area contributed by atoms with E-state index in [0.29, 0.717) is 13.2 Å². The average molecular weight is 232 g/mol. The highest BCUT2D eigenvalue weighted by Gasteiger charge is 2.45. The summed E-state index contributed by atoms with van der Waals surface area (Å²) in [5, 5.41) is 0. The Balaban J connectivity index is 1.98. The van der Waals surface area contributed by atoms with E-state index in [4.69, 9.17) is 9.47 Å². The Labute approximate surface area is 101 Å². The van der Waals surface area contributed by atoms with Crippen molar-refractivity contribution >= 4 is 11.9 Å². The predicted octanol–water partition coefficient (Wildman–Crippen LogP) is 2.46. The topological polar surface area (TPSA) is 38.8 Å². The Kier molecular flexibility index (Phi) is 3.29. The van der Waals surface area contributed by atoms with Crippen molar-refractivity contribution in [1.82, 2.24) is 0 Å². The molecule has 1 aliphatic heterocycles. The molecule has 0 aromatic heterocycles. The fourth-order valence-corrected chi connectivity index (χ4v) is 1.44. The van der Waals surface area contributed by atoms with E-state index in [1.807, 2.05) is 31.2 Å². The Hall–Kier alpha value is -1.61. The summed E-state index contributed by atoms with van der Waals surface area (Å²) >= 11 is 0. The molecule has 1 saturated heterocycles. The number of carbonyl (C=O) groups is 1. The first-order chi connectivity index (χ1) is 8.14. The molecule has 0 radical (unpaired) electrons. The van der Waals surface area contributed by atoms with Crippen molar-refractivity contribution in [1.29, 1.82) is 0 Å². The van der Waals surface area contributed by atoms with Gasteiger partial charge in [-0.2, -0.15) is 0 Å². The second-order valence-corrected chi connectivity index (χ2v) is 4.22. The quantitative estimate of drug-likeness (QED) is 0.578. The predicted molar refractivity (Wildman–Crippen MR) is 66.0 cm³/mol. The van der Waals surface area contributed by atoms with Crippen molar-refractivity contribution in [2.75, 3.05) is 13.2 Å². The van der Waals surface area contributed by atoms with Gasteiger partial charge in [0.15, 0.2) is 11.4 Å². The number of rotatable bonds is 5. The summed E-state index contributed by atoms with van der Waals surface area (Å²) < 4.78 is 10.4. The Bertz CT molecular complexity index is 427. The lowest BCUT2D eigenvalue weighted by molar-refractivity contribution is -0.118. The van der Waals surface area contributed by atoms with Crippen molar-refractivity contribution in [3.05, 3.63) is 35.9 Å². The smallest absolute Gasteiger partial charge is 0.189 e. The van der Waals surface area contributed by atoms with Crippen LogP contribution >= 0.6 is 0 Å². The van der Waals surface area contributed by atoms with Crippen LogP contribution in [0.1, 0.15) is 19.4 Å². The molecule has 1 aliphatic rings. The third-order valence-corrected chi connectivity index (χ3v) is 2.72. The molecule has 0 N–H and O–H groups in total. The Morgan fingerprint density at radius 2 is 2.12 bits per heavy atom. The maximum Gasteiger partial charge on any atom is 0.189 e. The van der Waals surface area contributed by atoms with E-state index in [1.165, 1.54) is 0 Å². The van der Waals surface area contributed by atoms with Crippen LogP contribution in [0.5, 0.6) is 5.75 Å². The number of benzene rings is 1. The van der Waals surface area contributed by atoms with Gasteiger partial charge in [0, 0.05) is 0 Å². The van der Waals surface area contributed by atoms with Gasteiger partial charge in [-0.25, -0.2) is 0 Å². The maximum atomic E-state index is 11.6. The zero-order chi connectivity index (χ0) is 12.3. The second kappa shape index (κ2) is 4.72. The van der Waals surface area contributed by atoms with Crippen molar-refractivity contribution < 1.29 is 14.3 Å². The van der Waals surface area contributed by atoms with E-state index in [9.17, 15) is 4.79 Å². The summed E-state index contributed by atoms with van der Waals surface area (Å²) in [6.07, 6.45) is 3.37. The van der Waals surface area contributed by atoms with Crippen LogP contribution in [-0.4, -0.2) is 24.6 Å². The van der Waals surface area contributed by atoms with Crippen LogP contribution in [0.2, 0.25) is 0 Å². The molecule has 0 aliphatic carbocycles. The number of ketones is 1. The molecule has 0 bridgehead atoms. The monoisotopic (exact) mass is 232 g/mol. The fraction of sp³-hybridized carbons (Fsp3) is 0.357. The third-order valence-electron chi connectivity index (χ3n) is 2.72. The Morgan fingerprint density at radius 1 is 1.47 bits per heavy atom. The molecule has 1 atom stereocenters. The number of hydrogen-bond donors (Lipinski definition) is 0. The Morgan fingerprint density at radius 3 is 2.65 bits per heavy atom. The van der Waals surface area contributed by atoms with Crippen LogP contribution < -0.4 is 4.74 Å². The number of hydrogen-bond acceptors (Lipinski definition) is 3. The van der Waals surface area contributed by atoms with Gasteiger partial charge in [0.2, 0.25) is 0 Å². The molecule has 1 fully saturated rings.